The van der Waals surface area contributed by atoms with Crippen molar-refractivity contribution in [2.45, 2.75) is 6.10 Å². The highest BCUT2D eigenvalue weighted by molar-refractivity contribution is 5.20. The fourth-order valence-corrected chi connectivity index (χ4v) is 1.77. The Labute approximate surface area is 104 Å². The first-order valence-electron chi connectivity index (χ1n) is 5.86. The van der Waals surface area contributed by atoms with Crippen molar-refractivity contribution < 1.29 is 18.6 Å². The largest absolute Gasteiger partial charge is 0.387 e. The van der Waals surface area contributed by atoms with Crippen molar-refractivity contribution >= 4 is 0 Å². The predicted molar refractivity (Wildman–Crippen MR) is 61.7 cm³/mol. The molecule has 4 nitrogen and oxygen atoms in total. The Balaban J connectivity index is 1.86. The van der Waals surface area contributed by atoms with E-state index in [9.17, 15) is 13.9 Å². The van der Waals surface area contributed by atoms with Crippen LogP contribution in [0.15, 0.2) is 18.2 Å². The Kier molecular flexibility index (Phi) is 4.60. The van der Waals surface area contributed by atoms with Crippen LogP contribution in [0.1, 0.15) is 11.7 Å². The number of ether oxygens (including phenoxy) is 1. The van der Waals surface area contributed by atoms with Crippen LogP contribution < -0.4 is 5.43 Å². The van der Waals surface area contributed by atoms with Gasteiger partial charge in [-0.1, -0.05) is 6.07 Å². The number of halogens is 2. The summed E-state index contributed by atoms with van der Waals surface area (Å²) in [4.78, 5) is 0. The van der Waals surface area contributed by atoms with Crippen LogP contribution in [0, 0.1) is 11.6 Å². The third-order valence-corrected chi connectivity index (χ3v) is 2.85. The number of nitrogens with zero attached hydrogens (tertiary/aromatic N) is 1. The number of aliphatic hydroxyl groups excluding tert-OH is 1. The molecule has 1 aliphatic rings. The van der Waals surface area contributed by atoms with Crippen LogP contribution in [-0.4, -0.2) is 43.0 Å². The number of hydrazine groups is 1. The van der Waals surface area contributed by atoms with Crippen LogP contribution in [0.4, 0.5) is 8.78 Å². The summed E-state index contributed by atoms with van der Waals surface area (Å²) in [5.74, 6) is -1.86. The summed E-state index contributed by atoms with van der Waals surface area (Å²) in [7, 11) is 0. The molecule has 18 heavy (non-hydrogen) atoms. The lowest BCUT2D eigenvalue weighted by Gasteiger charge is -2.28. The summed E-state index contributed by atoms with van der Waals surface area (Å²) in [6, 6.07) is 3.41. The molecular formula is C12H16F2N2O2. The van der Waals surface area contributed by atoms with E-state index < -0.39 is 17.7 Å². The zero-order valence-electron chi connectivity index (χ0n) is 9.90. The van der Waals surface area contributed by atoms with E-state index in [-0.39, 0.29) is 6.54 Å². The second kappa shape index (κ2) is 6.19. The lowest BCUT2D eigenvalue weighted by atomic mass is 10.1. The molecular weight excluding hydrogens is 242 g/mol. The lowest BCUT2D eigenvalue weighted by Crippen LogP contribution is -2.47. The molecule has 1 unspecified atom stereocenters. The van der Waals surface area contributed by atoms with Gasteiger partial charge in [-0.25, -0.2) is 13.8 Å². The van der Waals surface area contributed by atoms with Gasteiger partial charge in [0.05, 0.1) is 19.3 Å². The van der Waals surface area contributed by atoms with Gasteiger partial charge in [0.15, 0.2) is 11.6 Å². The van der Waals surface area contributed by atoms with Gasteiger partial charge in [-0.3, -0.25) is 5.43 Å². The molecule has 100 valence electrons. The van der Waals surface area contributed by atoms with Gasteiger partial charge in [0, 0.05) is 19.6 Å². The van der Waals surface area contributed by atoms with Crippen LogP contribution >= 0.6 is 0 Å². The zero-order valence-corrected chi connectivity index (χ0v) is 9.90. The summed E-state index contributed by atoms with van der Waals surface area (Å²) in [6.07, 6.45) is -0.872. The average molecular weight is 258 g/mol. The van der Waals surface area contributed by atoms with Crippen LogP contribution in [0.2, 0.25) is 0 Å². The van der Waals surface area contributed by atoms with Gasteiger partial charge >= 0.3 is 0 Å². The van der Waals surface area contributed by atoms with Crippen LogP contribution in [0.3, 0.4) is 0 Å². The summed E-state index contributed by atoms with van der Waals surface area (Å²) in [5.41, 5.74) is 3.40. The fourth-order valence-electron chi connectivity index (χ4n) is 1.77. The van der Waals surface area contributed by atoms with Gasteiger partial charge < -0.3 is 9.84 Å². The molecule has 1 fully saturated rings. The number of nitrogens with one attached hydrogen (secondary N) is 1. The Morgan fingerprint density at radius 1 is 1.28 bits per heavy atom. The Bertz CT molecular complexity index is 398. The third kappa shape index (κ3) is 3.46. The molecule has 2 N–H and O–H groups in total. The highest BCUT2D eigenvalue weighted by Crippen LogP contribution is 2.15. The molecule has 0 spiro atoms. The zero-order chi connectivity index (χ0) is 13.0. The van der Waals surface area contributed by atoms with E-state index in [1.807, 2.05) is 5.01 Å². The predicted octanol–water partition coefficient (Wildman–Crippen LogP) is 0.835. The molecule has 0 aliphatic carbocycles. The highest BCUT2D eigenvalue weighted by Gasteiger charge is 2.14. The Hall–Kier alpha value is -1.08. The van der Waals surface area contributed by atoms with Crippen molar-refractivity contribution in [3.63, 3.8) is 0 Å². The topological polar surface area (TPSA) is 44.7 Å². The van der Waals surface area contributed by atoms with Crippen molar-refractivity contribution in [1.82, 2.24) is 10.4 Å². The molecule has 1 aromatic rings. The maximum absolute atomic E-state index is 13.0. The minimum Gasteiger partial charge on any atom is -0.387 e. The minimum atomic E-state index is -0.946. The average Bonchev–Trinajstić information content (AvgIpc) is 2.40. The van der Waals surface area contributed by atoms with Gasteiger partial charge in [0.25, 0.3) is 0 Å². The quantitative estimate of drug-likeness (QED) is 0.840. The highest BCUT2D eigenvalue weighted by atomic mass is 19.2. The molecule has 0 saturated carbocycles. The van der Waals surface area contributed by atoms with Crippen LogP contribution in [0.25, 0.3) is 0 Å². The van der Waals surface area contributed by atoms with E-state index in [4.69, 9.17) is 4.74 Å². The molecule has 6 heteroatoms. The Morgan fingerprint density at radius 2 is 2.00 bits per heavy atom. The first-order valence-corrected chi connectivity index (χ1v) is 5.86. The van der Waals surface area contributed by atoms with Crippen molar-refractivity contribution in [3.05, 3.63) is 35.4 Å². The first-order chi connectivity index (χ1) is 8.66. The van der Waals surface area contributed by atoms with Crippen molar-refractivity contribution in [2.24, 2.45) is 0 Å². The Morgan fingerprint density at radius 3 is 2.67 bits per heavy atom. The number of rotatable bonds is 4. The smallest absolute Gasteiger partial charge is 0.159 e. The fraction of sp³-hybridized carbons (Fsp3) is 0.500. The molecule has 0 amide bonds. The van der Waals surface area contributed by atoms with Gasteiger partial charge in [0.2, 0.25) is 0 Å². The monoisotopic (exact) mass is 258 g/mol. The summed E-state index contributed by atoms with van der Waals surface area (Å²) >= 11 is 0. The van der Waals surface area contributed by atoms with Crippen molar-refractivity contribution in [3.8, 4) is 0 Å². The number of benzene rings is 1. The van der Waals surface area contributed by atoms with Gasteiger partial charge in [0.1, 0.15) is 0 Å². The molecule has 1 aromatic carbocycles. The third-order valence-electron chi connectivity index (χ3n) is 2.85. The molecule has 1 heterocycles. The van der Waals surface area contributed by atoms with Gasteiger partial charge in [-0.15, -0.1) is 0 Å². The van der Waals surface area contributed by atoms with Crippen molar-refractivity contribution in [2.75, 3.05) is 32.8 Å². The van der Waals surface area contributed by atoms with Gasteiger partial charge in [-0.05, 0) is 17.7 Å². The number of aliphatic hydroxyl groups is 1. The summed E-state index contributed by atoms with van der Waals surface area (Å²) in [5, 5.41) is 11.8. The molecule has 2 rings (SSSR count). The van der Waals surface area contributed by atoms with Crippen LogP contribution in [0.5, 0.6) is 0 Å². The van der Waals surface area contributed by atoms with E-state index in [2.05, 4.69) is 5.43 Å². The normalized spacial score (nSPS) is 18.8. The summed E-state index contributed by atoms with van der Waals surface area (Å²) in [6.45, 7) is 3.03. The number of hydrogen-bond acceptors (Lipinski definition) is 4. The van der Waals surface area contributed by atoms with E-state index in [0.29, 0.717) is 18.8 Å². The summed E-state index contributed by atoms with van der Waals surface area (Å²) < 4.78 is 30.9. The lowest BCUT2D eigenvalue weighted by molar-refractivity contribution is 0.00310. The number of morpholine rings is 1. The molecule has 1 aliphatic heterocycles. The minimum absolute atomic E-state index is 0.255. The molecule has 0 radical (unpaired) electrons. The maximum atomic E-state index is 13.0. The molecule has 1 atom stereocenters. The van der Waals surface area contributed by atoms with E-state index in [0.717, 1.165) is 25.2 Å². The first kappa shape index (κ1) is 13.4. The standard InChI is InChI=1S/C12H16F2N2O2/c13-10-2-1-9(7-11(10)14)12(17)8-15-16-3-5-18-6-4-16/h1-2,7,12,15,17H,3-6,8H2. The molecule has 0 bridgehead atoms. The van der Waals surface area contributed by atoms with Gasteiger partial charge in [-0.2, -0.15) is 0 Å². The number of hydrogen-bond donors (Lipinski definition) is 2. The van der Waals surface area contributed by atoms with Crippen molar-refractivity contribution in [1.29, 1.82) is 0 Å². The second-order valence-corrected chi connectivity index (χ2v) is 4.15. The van der Waals surface area contributed by atoms with E-state index >= 15 is 0 Å². The SMILES string of the molecule is OC(CNN1CCOCC1)c1ccc(F)c(F)c1. The van der Waals surface area contributed by atoms with Crippen LogP contribution in [-0.2, 0) is 4.74 Å². The second-order valence-electron chi connectivity index (χ2n) is 4.15. The van der Waals surface area contributed by atoms with E-state index in [1.165, 1.54) is 6.07 Å². The molecule has 0 aromatic heterocycles. The maximum Gasteiger partial charge on any atom is 0.159 e. The van der Waals surface area contributed by atoms with E-state index in [1.54, 1.807) is 0 Å². The molecule has 1 saturated heterocycles.